The van der Waals surface area contributed by atoms with Crippen molar-refractivity contribution in [2.24, 2.45) is 0 Å². The molecule has 0 aromatic rings. The van der Waals surface area contributed by atoms with E-state index < -0.39 is 20.0 Å². The van der Waals surface area contributed by atoms with E-state index in [1.54, 1.807) is 6.08 Å². The molecule has 3 unspecified atom stereocenters. The first-order chi connectivity index (χ1) is 38.0. The summed E-state index contributed by atoms with van der Waals surface area (Å²) in [6, 6.07) is -0.901. The van der Waals surface area contributed by atoms with Crippen molar-refractivity contribution < 1.29 is 32.9 Å². The zero-order chi connectivity index (χ0) is 57.0. The lowest BCUT2D eigenvalue weighted by atomic mass is 10.0. The quantitative estimate of drug-likeness (QED) is 0.0272. The number of rotatable bonds is 59. The van der Waals surface area contributed by atoms with Crippen LogP contribution >= 0.6 is 7.82 Å². The molecule has 2 N–H and O–H groups in total. The Labute approximate surface area is 483 Å². The normalized spacial score (nSPS) is 14.4. The number of carbonyl (C=O) groups is 1. The molecule has 78 heavy (non-hydrogen) atoms. The Morgan fingerprint density at radius 2 is 0.782 bits per heavy atom. The molecule has 0 heterocycles. The summed E-state index contributed by atoms with van der Waals surface area (Å²) in [6.07, 6.45) is 85.0. The highest BCUT2D eigenvalue weighted by Crippen LogP contribution is 2.38. The standard InChI is InChI=1S/C69H125N2O6P/c1-6-8-10-12-14-16-18-20-22-24-26-28-30-32-34-35-37-39-41-43-45-47-49-51-53-55-57-59-61-63-69(73)70-67(66-77-78(74,75)76-65-64-71(3,4)5)68(72)62-60-58-56-54-52-50-48-46-44-42-40-38-36-33-31-29-27-25-23-21-19-17-15-13-11-9-7-2/h8,10,14,16,20,22,26,28,32,34,37,39,43,45,60,62,67-68,72H,6-7,9,11-13,15,17-19,21,23-25,27,29-31,33,35-36,38,40-42,44,46-59,61,63-66H2,1-5H3,(H-,70,73,74,75)/b10-8-,16-14-,22-20-,28-26-,34-32-,39-37-,45-43-,62-60+. The molecule has 0 aliphatic rings. The summed E-state index contributed by atoms with van der Waals surface area (Å²) >= 11 is 0. The van der Waals surface area contributed by atoms with Gasteiger partial charge in [-0.25, -0.2) is 0 Å². The third-order valence-corrected chi connectivity index (χ3v) is 15.3. The molecule has 3 atom stereocenters. The molecular formula is C69H125N2O6P. The van der Waals surface area contributed by atoms with Crippen LogP contribution in [0.2, 0.25) is 0 Å². The third-order valence-electron chi connectivity index (χ3n) is 14.3. The molecule has 0 saturated carbocycles. The van der Waals surface area contributed by atoms with E-state index in [4.69, 9.17) is 9.05 Å². The summed E-state index contributed by atoms with van der Waals surface area (Å²) in [5.41, 5.74) is 0. The zero-order valence-corrected chi connectivity index (χ0v) is 52.5. The van der Waals surface area contributed by atoms with E-state index in [9.17, 15) is 19.4 Å². The average Bonchev–Trinajstić information content (AvgIpc) is 3.41. The predicted octanol–water partition coefficient (Wildman–Crippen LogP) is 19.9. The number of quaternary nitrogens is 1. The molecule has 0 aromatic carbocycles. The number of aliphatic hydroxyl groups is 1. The number of carbonyl (C=O) groups excluding carboxylic acids is 1. The van der Waals surface area contributed by atoms with Crippen molar-refractivity contribution in [1.82, 2.24) is 5.32 Å². The van der Waals surface area contributed by atoms with E-state index in [0.29, 0.717) is 17.4 Å². The van der Waals surface area contributed by atoms with Gasteiger partial charge in [0.1, 0.15) is 13.2 Å². The first kappa shape index (κ1) is 75.4. The van der Waals surface area contributed by atoms with Crippen LogP contribution in [0.1, 0.15) is 284 Å². The summed E-state index contributed by atoms with van der Waals surface area (Å²) in [4.78, 5) is 25.6. The van der Waals surface area contributed by atoms with Crippen molar-refractivity contribution in [2.75, 3.05) is 40.9 Å². The van der Waals surface area contributed by atoms with Crippen LogP contribution in [0.15, 0.2) is 97.2 Å². The first-order valence-electron chi connectivity index (χ1n) is 32.6. The Bertz CT molecular complexity index is 1590. The van der Waals surface area contributed by atoms with Crippen molar-refractivity contribution in [1.29, 1.82) is 0 Å². The van der Waals surface area contributed by atoms with E-state index >= 15 is 0 Å². The van der Waals surface area contributed by atoms with Crippen LogP contribution in [-0.4, -0.2) is 68.5 Å². The molecule has 0 saturated heterocycles. The zero-order valence-electron chi connectivity index (χ0n) is 51.6. The predicted molar refractivity (Wildman–Crippen MR) is 339 cm³/mol. The number of amides is 1. The minimum absolute atomic E-state index is 0.00779. The lowest BCUT2D eigenvalue weighted by Crippen LogP contribution is -2.45. The highest BCUT2D eigenvalue weighted by Gasteiger charge is 2.23. The molecule has 0 spiro atoms. The lowest BCUT2D eigenvalue weighted by molar-refractivity contribution is -0.870. The Hall–Kier alpha value is -2.58. The molecule has 1 amide bonds. The number of nitrogens with one attached hydrogen (secondary N) is 1. The topological polar surface area (TPSA) is 108 Å². The van der Waals surface area contributed by atoms with Crippen LogP contribution in [0.5, 0.6) is 0 Å². The van der Waals surface area contributed by atoms with Gasteiger partial charge in [0, 0.05) is 6.42 Å². The van der Waals surface area contributed by atoms with Crippen molar-refractivity contribution in [2.45, 2.75) is 296 Å². The Kier molecular flexibility index (Phi) is 57.1. The molecule has 0 aromatic heterocycles. The minimum atomic E-state index is -4.61. The molecule has 0 aliphatic carbocycles. The van der Waals surface area contributed by atoms with Gasteiger partial charge in [-0.05, 0) is 77.0 Å². The highest BCUT2D eigenvalue weighted by atomic mass is 31.2. The second kappa shape index (κ2) is 59.1. The fraction of sp³-hybridized carbons (Fsp3) is 0.754. The Morgan fingerprint density at radius 3 is 1.14 bits per heavy atom. The fourth-order valence-corrected chi connectivity index (χ4v) is 9.98. The second-order valence-corrected chi connectivity index (χ2v) is 24.5. The number of phosphoric acid groups is 1. The SMILES string of the molecule is CC/C=C\C/C=C\C/C=C\C/C=C\C/C=C\C/C=C\C/C=C\CCCCCCCCCC(=O)NC(COP(=O)([O-])OCC[N+](C)(C)C)C(O)/C=C/CCCCCCCCCCCCCCCCCCCCCCCCCCC. The largest absolute Gasteiger partial charge is 0.756 e. The van der Waals surface area contributed by atoms with Gasteiger partial charge in [0.25, 0.3) is 7.82 Å². The number of unbranched alkanes of at least 4 members (excludes halogenated alkanes) is 32. The molecular weight excluding hydrogens is 984 g/mol. The fourth-order valence-electron chi connectivity index (χ4n) is 9.25. The number of likely N-dealkylation sites (N-methyl/N-ethyl adjacent to an activating group) is 1. The number of phosphoric ester groups is 1. The van der Waals surface area contributed by atoms with E-state index in [1.165, 1.54) is 167 Å². The third kappa shape index (κ3) is 61.0. The van der Waals surface area contributed by atoms with E-state index in [-0.39, 0.29) is 19.1 Å². The number of aliphatic hydroxyl groups excluding tert-OH is 1. The maximum atomic E-state index is 13.0. The average molecular weight is 1110 g/mol. The van der Waals surface area contributed by atoms with Gasteiger partial charge >= 0.3 is 0 Å². The van der Waals surface area contributed by atoms with Crippen LogP contribution in [0.25, 0.3) is 0 Å². The van der Waals surface area contributed by atoms with Crippen LogP contribution in [0, 0.1) is 0 Å². The van der Waals surface area contributed by atoms with E-state index in [2.05, 4.69) is 104 Å². The number of hydrogen-bond donors (Lipinski definition) is 2. The summed E-state index contributed by atoms with van der Waals surface area (Å²) in [7, 11) is 1.25. The summed E-state index contributed by atoms with van der Waals surface area (Å²) in [6.45, 7) is 4.55. The minimum Gasteiger partial charge on any atom is -0.756 e. The molecule has 0 fully saturated rings. The maximum Gasteiger partial charge on any atom is 0.268 e. The molecule has 8 nitrogen and oxygen atoms in total. The smallest absolute Gasteiger partial charge is 0.268 e. The molecule has 0 bridgehead atoms. The van der Waals surface area contributed by atoms with Gasteiger partial charge in [0.2, 0.25) is 5.91 Å². The molecule has 0 aliphatic heterocycles. The van der Waals surface area contributed by atoms with Crippen molar-refractivity contribution in [3.8, 4) is 0 Å². The molecule has 452 valence electrons. The van der Waals surface area contributed by atoms with Gasteiger partial charge in [-0.1, -0.05) is 297 Å². The summed E-state index contributed by atoms with van der Waals surface area (Å²) in [5.74, 6) is -0.209. The number of hydrogen-bond acceptors (Lipinski definition) is 6. The van der Waals surface area contributed by atoms with Crippen LogP contribution in [0.3, 0.4) is 0 Å². The van der Waals surface area contributed by atoms with Gasteiger partial charge in [0.15, 0.2) is 0 Å². The van der Waals surface area contributed by atoms with E-state index in [0.717, 1.165) is 96.3 Å². The van der Waals surface area contributed by atoms with Gasteiger partial charge in [0.05, 0.1) is 39.9 Å². The van der Waals surface area contributed by atoms with Crippen LogP contribution in [-0.2, 0) is 18.4 Å². The number of nitrogens with zero attached hydrogens (tertiary/aromatic N) is 1. The van der Waals surface area contributed by atoms with Crippen molar-refractivity contribution in [3.05, 3.63) is 97.2 Å². The monoisotopic (exact) mass is 1110 g/mol. The molecule has 0 radical (unpaired) electrons. The highest BCUT2D eigenvalue weighted by molar-refractivity contribution is 7.45. The van der Waals surface area contributed by atoms with Crippen LogP contribution < -0.4 is 10.2 Å². The summed E-state index contributed by atoms with van der Waals surface area (Å²) < 4.78 is 23.4. The van der Waals surface area contributed by atoms with Gasteiger partial charge in [-0.3, -0.25) is 9.36 Å². The van der Waals surface area contributed by atoms with Gasteiger partial charge in [-0.15, -0.1) is 0 Å². The Balaban J connectivity index is 4.20. The second-order valence-electron chi connectivity index (χ2n) is 23.1. The van der Waals surface area contributed by atoms with E-state index in [1.807, 2.05) is 27.2 Å². The molecule has 9 heteroatoms. The molecule has 0 rings (SSSR count). The summed E-state index contributed by atoms with van der Waals surface area (Å²) in [5, 5.41) is 13.9. The van der Waals surface area contributed by atoms with Gasteiger partial charge in [-0.2, -0.15) is 0 Å². The Morgan fingerprint density at radius 1 is 0.462 bits per heavy atom. The first-order valence-corrected chi connectivity index (χ1v) is 34.1. The van der Waals surface area contributed by atoms with Crippen molar-refractivity contribution in [3.63, 3.8) is 0 Å². The van der Waals surface area contributed by atoms with Crippen molar-refractivity contribution >= 4 is 13.7 Å². The maximum absolute atomic E-state index is 13.0. The number of allylic oxidation sites excluding steroid dienone is 15. The van der Waals surface area contributed by atoms with Gasteiger partial charge < -0.3 is 28.8 Å². The van der Waals surface area contributed by atoms with Crippen LogP contribution in [0.4, 0.5) is 0 Å². The lowest BCUT2D eigenvalue weighted by Gasteiger charge is -2.29.